The number of piperidine rings is 1. The number of carbonyl (C=O) groups is 1. The van der Waals surface area contributed by atoms with Crippen LogP contribution in [0.4, 0.5) is 19.0 Å². The molecule has 0 spiro atoms. The van der Waals surface area contributed by atoms with E-state index >= 15 is 0 Å². The minimum Gasteiger partial charge on any atom is -0.365 e. The Morgan fingerprint density at radius 1 is 1.25 bits per heavy atom. The molecule has 32 heavy (non-hydrogen) atoms. The topological polar surface area (TPSA) is 70.5 Å². The fraction of sp³-hybridized carbons (Fsp3) is 0.391. The second kappa shape index (κ2) is 8.72. The van der Waals surface area contributed by atoms with Gasteiger partial charge in [-0.05, 0) is 56.9 Å². The molecule has 0 radical (unpaired) electrons. The zero-order valence-electron chi connectivity index (χ0n) is 17.8. The van der Waals surface area contributed by atoms with E-state index < -0.39 is 11.7 Å². The summed E-state index contributed by atoms with van der Waals surface area (Å²) < 4.78 is 38.4. The van der Waals surface area contributed by atoms with Crippen molar-refractivity contribution in [1.82, 2.24) is 14.9 Å². The Bertz CT molecular complexity index is 1050. The number of likely N-dealkylation sites (tertiary alicyclic amines) is 1. The Labute approximate surface area is 184 Å². The summed E-state index contributed by atoms with van der Waals surface area (Å²) >= 11 is 0. The van der Waals surface area contributed by atoms with Crippen molar-refractivity contribution < 1.29 is 18.0 Å². The van der Waals surface area contributed by atoms with Gasteiger partial charge in [0.15, 0.2) is 0 Å². The van der Waals surface area contributed by atoms with Gasteiger partial charge in [-0.15, -0.1) is 0 Å². The predicted molar refractivity (Wildman–Crippen MR) is 115 cm³/mol. The molecule has 1 aliphatic carbocycles. The van der Waals surface area contributed by atoms with E-state index in [1.54, 1.807) is 18.5 Å². The van der Waals surface area contributed by atoms with Crippen molar-refractivity contribution in [3.8, 4) is 0 Å². The largest absolute Gasteiger partial charge is 0.417 e. The van der Waals surface area contributed by atoms with Crippen LogP contribution in [0.15, 0.2) is 53.9 Å². The highest BCUT2D eigenvalue weighted by molar-refractivity contribution is 6.08. The number of alkyl halides is 3. The lowest BCUT2D eigenvalue weighted by molar-refractivity contribution is -0.137. The van der Waals surface area contributed by atoms with Crippen LogP contribution in [0.5, 0.6) is 0 Å². The highest BCUT2D eigenvalue weighted by Gasteiger charge is 2.47. The lowest BCUT2D eigenvalue weighted by Crippen LogP contribution is -2.48. The zero-order chi connectivity index (χ0) is 22.9. The normalized spacial score (nSPS) is 23.2. The lowest BCUT2D eigenvalue weighted by Gasteiger charge is -2.34. The number of hydrogen-bond acceptors (Lipinski definition) is 5. The van der Waals surface area contributed by atoms with Crippen molar-refractivity contribution in [2.75, 3.05) is 11.9 Å². The third-order valence-electron chi connectivity index (χ3n) is 5.98. The maximum Gasteiger partial charge on any atom is 0.417 e. The van der Waals surface area contributed by atoms with E-state index in [1.807, 2.05) is 30.9 Å². The molecule has 4 rings (SSSR count). The monoisotopic (exact) mass is 443 g/mol. The number of hydrogen-bond donors (Lipinski definition) is 1. The van der Waals surface area contributed by atoms with Crippen molar-refractivity contribution in [2.45, 2.75) is 44.9 Å². The van der Waals surface area contributed by atoms with Crippen molar-refractivity contribution in [2.24, 2.45) is 10.9 Å². The number of anilines is 1. The number of aliphatic imine (C=N–C) groups is 1. The van der Waals surface area contributed by atoms with E-state index in [4.69, 9.17) is 0 Å². The Morgan fingerprint density at radius 2 is 2.06 bits per heavy atom. The summed E-state index contributed by atoms with van der Waals surface area (Å²) in [7, 11) is 0. The molecule has 2 aliphatic rings. The van der Waals surface area contributed by atoms with Crippen LogP contribution < -0.4 is 5.32 Å². The average molecular weight is 443 g/mol. The third-order valence-corrected chi connectivity index (χ3v) is 5.98. The minimum atomic E-state index is -4.42. The molecule has 2 aromatic rings. The zero-order valence-corrected chi connectivity index (χ0v) is 17.8. The van der Waals surface area contributed by atoms with E-state index in [1.165, 1.54) is 6.07 Å². The lowest BCUT2D eigenvalue weighted by atomic mass is 10.0. The summed E-state index contributed by atoms with van der Waals surface area (Å²) in [6.45, 7) is 4.35. The fourth-order valence-corrected chi connectivity index (χ4v) is 4.51. The summed E-state index contributed by atoms with van der Waals surface area (Å²) in [5.74, 6) is 0.548. The second-order valence-corrected chi connectivity index (χ2v) is 8.14. The molecule has 1 saturated heterocycles. The number of carbonyl (C=O) groups excluding carboxylic acids is 1. The third kappa shape index (κ3) is 4.37. The molecule has 1 N–H and O–H groups in total. The molecule has 3 heterocycles. The van der Waals surface area contributed by atoms with Crippen molar-refractivity contribution >= 4 is 17.4 Å². The van der Waals surface area contributed by atoms with Crippen LogP contribution >= 0.6 is 0 Å². The molecular weight excluding hydrogens is 419 g/mol. The second-order valence-electron chi connectivity index (χ2n) is 8.14. The van der Waals surface area contributed by atoms with Gasteiger partial charge in [-0.25, -0.2) is 4.98 Å². The van der Waals surface area contributed by atoms with Gasteiger partial charge in [0.25, 0.3) is 5.91 Å². The first-order valence-electron chi connectivity index (χ1n) is 10.5. The Hall–Kier alpha value is -3.23. The summed E-state index contributed by atoms with van der Waals surface area (Å²) in [5.41, 5.74) is 0.961. The molecule has 2 fully saturated rings. The Morgan fingerprint density at radius 3 is 2.72 bits per heavy atom. The summed E-state index contributed by atoms with van der Waals surface area (Å²) in [6.07, 6.45) is 3.17. The standard InChI is InChI=1S/C23H24F3N5O/c1-3-8-27-14(2)17-5-4-9-28-21(17)22(32)31-13-15-10-18(19(31)11-15)30-20-7-6-16(12-29-20)23(24,25)26/h3-9,12,15,18-19H,10-11,13H2,1-2H3,(H,29,30)/b8-3-,27-14+. The van der Waals surface area contributed by atoms with Crippen molar-refractivity contribution in [3.05, 3.63) is 65.8 Å². The van der Waals surface area contributed by atoms with Crippen LogP contribution in [0, 0.1) is 5.92 Å². The number of pyridine rings is 2. The number of aromatic nitrogens is 2. The number of rotatable bonds is 5. The molecule has 1 aliphatic heterocycles. The van der Waals surface area contributed by atoms with E-state index in [-0.39, 0.29) is 18.0 Å². The van der Waals surface area contributed by atoms with E-state index in [2.05, 4.69) is 20.3 Å². The average Bonchev–Trinajstić information content (AvgIpc) is 3.37. The van der Waals surface area contributed by atoms with Crippen LogP contribution in [0.25, 0.3) is 0 Å². The molecule has 3 atom stereocenters. The first-order chi connectivity index (χ1) is 15.3. The summed E-state index contributed by atoms with van der Waals surface area (Å²) in [6, 6.07) is 5.80. The SMILES string of the molecule is C/C=C\N=C(/C)c1cccnc1C(=O)N1CC2CC(Nc3ccc(C(F)(F)F)cn3)C1C2. The number of allylic oxidation sites excluding steroid dienone is 1. The van der Waals surface area contributed by atoms with Gasteiger partial charge in [0.2, 0.25) is 0 Å². The number of nitrogens with one attached hydrogen (secondary N) is 1. The molecule has 1 saturated carbocycles. The van der Waals surface area contributed by atoms with Gasteiger partial charge in [0, 0.05) is 42.5 Å². The van der Waals surface area contributed by atoms with E-state index in [9.17, 15) is 18.0 Å². The summed E-state index contributed by atoms with van der Waals surface area (Å²) in [4.78, 5) is 27.8. The number of amides is 1. The Balaban J connectivity index is 1.52. The van der Waals surface area contributed by atoms with Crippen LogP contribution in [-0.2, 0) is 6.18 Å². The predicted octanol–water partition coefficient (Wildman–Crippen LogP) is 4.55. The van der Waals surface area contributed by atoms with Gasteiger partial charge in [-0.1, -0.05) is 6.08 Å². The van der Waals surface area contributed by atoms with Gasteiger partial charge < -0.3 is 10.2 Å². The quantitative estimate of drug-likeness (QED) is 0.688. The molecular formula is C23H24F3N5O. The molecule has 2 aromatic heterocycles. The van der Waals surface area contributed by atoms with Gasteiger partial charge in [-0.2, -0.15) is 13.2 Å². The molecule has 9 heteroatoms. The van der Waals surface area contributed by atoms with Gasteiger partial charge in [0.1, 0.15) is 11.5 Å². The van der Waals surface area contributed by atoms with Gasteiger partial charge >= 0.3 is 6.18 Å². The molecule has 6 nitrogen and oxygen atoms in total. The van der Waals surface area contributed by atoms with Gasteiger partial charge in [0.05, 0.1) is 11.6 Å². The maximum absolute atomic E-state index is 13.4. The smallest absolute Gasteiger partial charge is 0.365 e. The van der Waals surface area contributed by atoms with E-state index in [0.29, 0.717) is 35.2 Å². The van der Waals surface area contributed by atoms with Crippen LogP contribution in [-0.4, -0.2) is 45.1 Å². The van der Waals surface area contributed by atoms with Crippen molar-refractivity contribution in [1.29, 1.82) is 0 Å². The van der Waals surface area contributed by atoms with Gasteiger partial charge in [-0.3, -0.25) is 14.8 Å². The number of nitrogens with zero attached hydrogens (tertiary/aromatic N) is 4. The van der Waals surface area contributed by atoms with E-state index in [0.717, 1.165) is 25.1 Å². The molecule has 168 valence electrons. The number of halogens is 3. The number of fused-ring (bicyclic) bond motifs is 2. The highest BCUT2D eigenvalue weighted by atomic mass is 19.4. The first kappa shape index (κ1) is 22.0. The molecule has 0 aromatic carbocycles. The molecule has 3 unspecified atom stereocenters. The fourth-order valence-electron chi connectivity index (χ4n) is 4.51. The van der Waals surface area contributed by atoms with Crippen LogP contribution in [0.3, 0.4) is 0 Å². The van der Waals surface area contributed by atoms with Crippen LogP contribution in [0.1, 0.15) is 48.3 Å². The maximum atomic E-state index is 13.4. The first-order valence-corrected chi connectivity index (χ1v) is 10.5. The minimum absolute atomic E-state index is 0.0702. The molecule has 2 bridgehead atoms. The van der Waals surface area contributed by atoms with Crippen LogP contribution in [0.2, 0.25) is 0 Å². The van der Waals surface area contributed by atoms with Crippen molar-refractivity contribution in [3.63, 3.8) is 0 Å². The summed E-state index contributed by atoms with van der Waals surface area (Å²) in [5, 5.41) is 3.23. The Kier molecular flexibility index (Phi) is 5.99. The molecule has 1 amide bonds. The highest BCUT2D eigenvalue weighted by Crippen LogP contribution is 2.40.